The van der Waals surface area contributed by atoms with Crippen molar-refractivity contribution in [2.45, 2.75) is 51.5 Å². The van der Waals surface area contributed by atoms with Gasteiger partial charge in [0.25, 0.3) is 5.91 Å². The van der Waals surface area contributed by atoms with E-state index in [-0.39, 0.29) is 24.2 Å². The molecule has 0 aromatic heterocycles. The van der Waals surface area contributed by atoms with Crippen molar-refractivity contribution < 1.29 is 9.53 Å². The monoisotopic (exact) mass is 364 g/mol. The molecular formula is C23H28N2O2. The number of amides is 1. The lowest BCUT2D eigenvalue weighted by Gasteiger charge is -2.35. The minimum Gasteiger partial charge on any atom is -0.373 e. The lowest BCUT2D eigenvalue weighted by atomic mass is 10.1. The Morgan fingerprint density at radius 2 is 1.78 bits per heavy atom. The summed E-state index contributed by atoms with van der Waals surface area (Å²) in [7, 11) is 0. The minimum absolute atomic E-state index is 0.0110. The molecule has 0 saturated carbocycles. The fourth-order valence-corrected chi connectivity index (χ4v) is 4.38. The topological polar surface area (TPSA) is 41.6 Å². The molecule has 1 amide bonds. The molecule has 1 fully saturated rings. The maximum absolute atomic E-state index is 12.7. The molecule has 4 heteroatoms. The van der Waals surface area contributed by atoms with Crippen LogP contribution in [-0.4, -0.2) is 36.1 Å². The van der Waals surface area contributed by atoms with Crippen LogP contribution in [0.5, 0.6) is 0 Å². The number of carbonyl (C=O) groups is 1. The lowest BCUT2D eigenvalue weighted by Crippen LogP contribution is -2.44. The van der Waals surface area contributed by atoms with Crippen molar-refractivity contribution in [3.05, 3.63) is 70.8 Å². The fourth-order valence-electron chi connectivity index (χ4n) is 4.38. The summed E-state index contributed by atoms with van der Waals surface area (Å²) in [6, 6.07) is 16.6. The first-order valence-corrected chi connectivity index (χ1v) is 9.94. The largest absolute Gasteiger partial charge is 0.373 e. The molecule has 3 unspecified atom stereocenters. The zero-order chi connectivity index (χ0) is 18.8. The number of morpholine rings is 1. The molecule has 2 aromatic carbocycles. The molecule has 0 spiro atoms. The smallest absolute Gasteiger partial charge is 0.251 e. The maximum Gasteiger partial charge on any atom is 0.251 e. The van der Waals surface area contributed by atoms with Gasteiger partial charge in [-0.1, -0.05) is 36.4 Å². The minimum atomic E-state index is 0.0110. The van der Waals surface area contributed by atoms with Crippen molar-refractivity contribution in [2.24, 2.45) is 0 Å². The summed E-state index contributed by atoms with van der Waals surface area (Å²) in [6.45, 7) is 7.05. The van der Waals surface area contributed by atoms with Crippen molar-refractivity contribution >= 4 is 5.91 Å². The van der Waals surface area contributed by atoms with Gasteiger partial charge in [0, 0.05) is 25.2 Å². The number of nitrogens with one attached hydrogen (secondary N) is 1. The van der Waals surface area contributed by atoms with Crippen LogP contribution in [0.4, 0.5) is 0 Å². The Morgan fingerprint density at radius 1 is 1.07 bits per heavy atom. The summed E-state index contributed by atoms with van der Waals surface area (Å²) < 4.78 is 5.80. The SMILES string of the molecule is CC1CN(Cc2ccc(C(=O)NC3CCc4ccccc43)cc2)CC(C)O1. The zero-order valence-corrected chi connectivity index (χ0v) is 16.2. The van der Waals surface area contributed by atoms with E-state index in [4.69, 9.17) is 4.74 Å². The van der Waals surface area contributed by atoms with Crippen molar-refractivity contribution in [3.63, 3.8) is 0 Å². The van der Waals surface area contributed by atoms with Crippen LogP contribution in [0, 0.1) is 0 Å². The third-order valence-corrected chi connectivity index (χ3v) is 5.56. The first-order chi connectivity index (χ1) is 13.1. The van der Waals surface area contributed by atoms with Crippen LogP contribution in [0.3, 0.4) is 0 Å². The number of hydrogen-bond donors (Lipinski definition) is 1. The molecule has 4 rings (SSSR count). The van der Waals surface area contributed by atoms with Gasteiger partial charge in [-0.2, -0.15) is 0 Å². The molecule has 1 aliphatic carbocycles. The zero-order valence-electron chi connectivity index (χ0n) is 16.2. The van der Waals surface area contributed by atoms with Gasteiger partial charge in [-0.25, -0.2) is 0 Å². The molecule has 27 heavy (non-hydrogen) atoms. The van der Waals surface area contributed by atoms with E-state index >= 15 is 0 Å². The number of benzene rings is 2. The molecule has 142 valence electrons. The highest BCUT2D eigenvalue weighted by molar-refractivity contribution is 5.94. The fraction of sp³-hybridized carbons (Fsp3) is 0.435. The number of rotatable bonds is 4. The van der Waals surface area contributed by atoms with Gasteiger partial charge in [0.1, 0.15) is 0 Å². The van der Waals surface area contributed by atoms with E-state index in [1.165, 1.54) is 16.7 Å². The van der Waals surface area contributed by atoms with E-state index in [2.05, 4.69) is 54.4 Å². The summed E-state index contributed by atoms with van der Waals surface area (Å²) in [5, 5.41) is 3.20. The van der Waals surface area contributed by atoms with E-state index in [0.717, 1.165) is 38.0 Å². The van der Waals surface area contributed by atoms with Gasteiger partial charge >= 0.3 is 0 Å². The van der Waals surface area contributed by atoms with Crippen molar-refractivity contribution in [1.29, 1.82) is 0 Å². The van der Waals surface area contributed by atoms with Gasteiger partial charge in [-0.3, -0.25) is 9.69 Å². The summed E-state index contributed by atoms with van der Waals surface area (Å²) in [5.74, 6) is 0.0110. The summed E-state index contributed by atoms with van der Waals surface area (Å²) >= 11 is 0. The van der Waals surface area contributed by atoms with Crippen LogP contribution in [0.2, 0.25) is 0 Å². The molecule has 1 aliphatic heterocycles. The molecule has 2 aromatic rings. The Kier molecular flexibility index (Phi) is 5.28. The standard InChI is InChI=1S/C23H28N2O2/c1-16-13-25(14-17(2)27-16)15-18-7-9-20(10-8-18)23(26)24-22-12-11-19-5-3-4-6-21(19)22/h3-10,16-17,22H,11-15H2,1-2H3,(H,24,26). The van der Waals surface area contributed by atoms with Crippen LogP contribution >= 0.6 is 0 Å². The van der Waals surface area contributed by atoms with Crippen LogP contribution in [-0.2, 0) is 17.7 Å². The molecule has 0 radical (unpaired) electrons. The van der Waals surface area contributed by atoms with E-state index in [0.29, 0.717) is 0 Å². The number of fused-ring (bicyclic) bond motifs is 1. The highest BCUT2D eigenvalue weighted by atomic mass is 16.5. The van der Waals surface area contributed by atoms with Crippen LogP contribution in [0.15, 0.2) is 48.5 Å². The Balaban J connectivity index is 1.37. The van der Waals surface area contributed by atoms with E-state index in [1.54, 1.807) is 0 Å². The molecule has 3 atom stereocenters. The van der Waals surface area contributed by atoms with Crippen LogP contribution in [0.25, 0.3) is 0 Å². The number of hydrogen-bond acceptors (Lipinski definition) is 3. The molecule has 1 heterocycles. The van der Waals surface area contributed by atoms with Crippen molar-refractivity contribution in [1.82, 2.24) is 10.2 Å². The van der Waals surface area contributed by atoms with E-state index < -0.39 is 0 Å². The lowest BCUT2D eigenvalue weighted by molar-refractivity contribution is -0.0704. The normalized spacial score (nSPS) is 25.2. The second-order valence-electron chi connectivity index (χ2n) is 7.91. The van der Waals surface area contributed by atoms with Crippen LogP contribution in [0.1, 0.15) is 53.4 Å². The number of nitrogens with zero attached hydrogens (tertiary/aromatic N) is 1. The Hall–Kier alpha value is -2.17. The quantitative estimate of drug-likeness (QED) is 0.899. The molecule has 2 aliphatic rings. The van der Waals surface area contributed by atoms with Gasteiger partial charge in [0.2, 0.25) is 0 Å². The highest BCUT2D eigenvalue weighted by Crippen LogP contribution is 2.30. The number of ether oxygens (including phenoxy) is 1. The van der Waals surface area contributed by atoms with Gasteiger partial charge in [-0.15, -0.1) is 0 Å². The Labute approximate surface area is 161 Å². The average molecular weight is 364 g/mol. The molecule has 4 nitrogen and oxygen atoms in total. The van der Waals surface area contributed by atoms with Crippen molar-refractivity contribution in [3.8, 4) is 0 Å². The Bertz CT molecular complexity index is 792. The van der Waals surface area contributed by atoms with E-state index in [1.807, 2.05) is 18.2 Å². The third kappa shape index (κ3) is 4.23. The maximum atomic E-state index is 12.7. The summed E-state index contributed by atoms with van der Waals surface area (Å²) in [5.41, 5.74) is 4.58. The predicted octanol–water partition coefficient (Wildman–Crippen LogP) is 3.71. The Morgan fingerprint density at radius 3 is 2.52 bits per heavy atom. The molecular weight excluding hydrogens is 336 g/mol. The number of carbonyl (C=O) groups excluding carboxylic acids is 1. The summed E-state index contributed by atoms with van der Waals surface area (Å²) in [6.07, 6.45) is 2.56. The van der Waals surface area contributed by atoms with E-state index in [9.17, 15) is 4.79 Å². The van der Waals surface area contributed by atoms with Crippen LogP contribution < -0.4 is 5.32 Å². The van der Waals surface area contributed by atoms with Gasteiger partial charge in [0.05, 0.1) is 18.2 Å². The second-order valence-corrected chi connectivity index (χ2v) is 7.91. The molecule has 1 saturated heterocycles. The first kappa shape index (κ1) is 18.2. The molecule has 0 bridgehead atoms. The predicted molar refractivity (Wildman–Crippen MR) is 107 cm³/mol. The summed E-state index contributed by atoms with van der Waals surface area (Å²) in [4.78, 5) is 15.1. The average Bonchev–Trinajstić information content (AvgIpc) is 3.04. The third-order valence-electron chi connectivity index (χ3n) is 5.56. The van der Waals surface area contributed by atoms with Crippen molar-refractivity contribution in [2.75, 3.05) is 13.1 Å². The number of aryl methyl sites for hydroxylation is 1. The highest BCUT2D eigenvalue weighted by Gasteiger charge is 2.24. The van der Waals surface area contributed by atoms with Gasteiger partial charge < -0.3 is 10.1 Å². The van der Waals surface area contributed by atoms with Gasteiger partial charge in [-0.05, 0) is 55.5 Å². The first-order valence-electron chi connectivity index (χ1n) is 9.94. The molecule has 1 N–H and O–H groups in total. The van der Waals surface area contributed by atoms with Gasteiger partial charge in [0.15, 0.2) is 0 Å². The second kappa shape index (κ2) is 7.83.